The van der Waals surface area contributed by atoms with Crippen molar-refractivity contribution in [1.82, 2.24) is 5.16 Å². The van der Waals surface area contributed by atoms with Crippen molar-refractivity contribution >= 4 is 37.3 Å². The summed E-state index contributed by atoms with van der Waals surface area (Å²) in [5, 5.41) is 3.33. The number of anilines is 2. The topological polar surface area (TPSA) is 98.2 Å². The second-order valence-electron chi connectivity index (χ2n) is 3.33. The molecule has 1 aromatic heterocycles. The van der Waals surface area contributed by atoms with Gasteiger partial charge >= 0.3 is 0 Å². The van der Waals surface area contributed by atoms with Gasteiger partial charge in [-0.05, 0) is 28.1 Å². The second kappa shape index (κ2) is 4.58. The Labute approximate surface area is 110 Å². The molecule has 3 N–H and O–H groups in total. The number of hydrogen-bond donors (Lipinski definition) is 2. The fraction of sp³-hybridized carbons (Fsp3) is 0. The average Bonchev–Trinajstić information content (AvgIpc) is 2.75. The Bertz CT molecular complexity index is 673. The van der Waals surface area contributed by atoms with Crippen LogP contribution in [0.5, 0.6) is 0 Å². The number of sulfonamides is 1. The molecule has 0 bridgehead atoms. The normalized spacial score (nSPS) is 11.4. The first kappa shape index (κ1) is 12.8. The third-order valence-electron chi connectivity index (χ3n) is 1.99. The highest BCUT2D eigenvalue weighted by molar-refractivity contribution is 9.10. The van der Waals surface area contributed by atoms with Gasteiger partial charge in [-0.3, -0.25) is 4.72 Å². The number of nitrogen functional groups attached to an aromatic ring is 1. The van der Waals surface area contributed by atoms with Gasteiger partial charge in [0.25, 0.3) is 10.0 Å². The molecule has 0 saturated carbocycles. The lowest BCUT2D eigenvalue weighted by Gasteiger charge is -2.08. The second-order valence-corrected chi connectivity index (χ2v) is 5.84. The molecule has 18 heavy (non-hydrogen) atoms. The first-order valence-corrected chi connectivity index (χ1v) is 6.84. The number of aromatic nitrogens is 1. The van der Waals surface area contributed by atoms with E-state index in [-0.39, 0.29) is 15.8 Å². The van der Waals surface area contributed by atoms with Crippen molar-refractivity contribution in [3.63, 3.8) is 0 Å². The van der Waals surface area contributed by atoms with Gasteiger partial charge in [0.05, 0.1) is 10.7 Å². The summed E-state index contributed by atoms with van der Waals surface area (Å²) in [6, 6.07) is 2.30. The molecule has 0 saturated heterocycles. The van der Waals surface area contributed by atoms with Crippen molar-refractivity contribution in [3.8, 4) is 0 Å². The molecule has 0 amide bonds. The minimum absolute atomic E-state index is 0.0341. The minimum Gasteiger partial charge on any atom is -0.399 e. The predicted molar refractivity (Wildman–Crippen MR) is 65.8 cm³/mol. The van der Waals surface area contributed by atoms with E-state index in [2.05, 4.69) is 30.3 Å². The van der Waals surface area contributed by atoms with Gasteiger partial charge in [0.1, 0.15) is 16.8 Å². The van der Waals surface area contributed by atoms with Crippen LogP contribution in [0.4, 0.5) is 15.8 Å². The van der Waals surface area contributed by atoms with E-state index in [9.17, 15) is 12.8 Å². The molecular weight excluding hydrogens is 329 g/mol. The Morgan fingerprint density at radius 3 is 2.78 bits per heavy atom. The van der Waals surface area contributed by atoms with E-state index in [1.165, 1.54) is 6.07 Å². The van der Waals surface area contributed by atoms with Crippen molar-refractivity contribution in [3.05, 3.63) is 34.9 Å². The maximum atomic E-state index is 13.7. The first-order chi connectivity index (χ1) is 8.40. The zero-order valence-electron chi connectivity index (χ0n) is 8.72. The van der Waals surface area contributed by atoms with Crippen molar-refractivity contribution in [2.75, 3.05) is 10.5 Å². The fourth-order valence-electron chi connectivity index (χ4n) is 1.24. The monoisotopic (exact) mass is 335 g/mol. The van der Waals surface area contributed by atoms with Crippen LogP contribution in [0.3, 0.4) is 0 Å². The third-order valence-corrected chi connectivity index (χ3v) is 3.95. The van der Waals surface area contributed by atoms with E-state index in [0.29, 0.717) is 0 Å². The van der Waals surface area contributed by atoms with Crippen molar-refractivity contribution in [1.29, 1.82) is 0 Å². The molecule has 0 fully saturated rings. The number of halogens is 2. The van der Waals surface area contributed by atoms with Gasteiger partial charge in [-0.25, -0.2) is 12.8 Å². The molecule has 96 valence electrons. The van der Waals surface area contributed by atoms with Crippen LogP contribution < -0.4 is 10.5 Å². The fourth-order valence-corrected chi connectivity index (χ4v) is 3.01. The Hall–Kier alpha value is -1.61. The van der Waals surface area contributed by atoms with Gasteiger partial charge in [0, 0.05) is 5.69 Å². The van der Waals surface area contributed by atoms with Crippen molar-refractivity contribution in [2.24, 2.45) is 0 Å². The van der Waals surface area contributed by atoms with Crippen LogP contribution >= 0.6 is 15.9 Å². The summed E-state index contributed by atoms with van der Waals surface area (Å²) in [5.41, 5.74) is 5.69. The Balaban J connectivity index is 2.48. The van der Waals surface area contributed by atoms with Crippen molar-refractivity contribution in [2.45, 2.75) is 4.90 Å². The molecule has 0 aliphatic heterocycles. The Morgan fingerprint density at radius 1 is 1.44 bits per heavy atom. The van der Waals surface area contributed by atoms with E-state index < -0.39 is 20.7 Å². The predicted octanol–water partition coefficient (Wildman–Crippen LogP) is 1.96. The van der Waals surface area contributed by atoms with Crippen LogP contribution in [0.25, 0.3) is 0 Å². The highest BCUT2D eigenvalue weighted by Crippen LogP contribution is 2.27. The molecule has 9 heteroatoms. The quantitative estimate of drug-likeness (QED) is 0.835. The molecule has 0 spiro atoms. The number of rotatable bonds is 3. The molecule has 0 radical (unpaired) electrons. The molecule has 6 nitrogen and oxygen atoms in total. The number of nitrogens with one attached hydrogen (secondary N) is 1. The average molecular weight is 336 g/mol. The number of nitrogens with two attached hydrogens (primary N) is 1. The van der Waals surface area contributed by atoms with Gasteiger partial charge in [0.2, 0.25) is 0 Å². The van der Waals surface area contributed by atoms with Gasteiger partial charge in [-0.15, -0.1) is 0 Å². The van der Waals surface area contributed by atoms with Gasteiger partial charge in [-0.1, -0.05) is 5.16 Å². The molecule has 0 aliphatic rings. The standard InChI is InChI=1S/C9H7BrFN3O3S/c10-7-1-5(12)2-8(9(7)11)18(15,16)14-6-3-13-17-4-6/h1-4,14H,12H2. The van der Waals surface area contributed by atoms with Gasteiger partial charge in [0.15, 0.2) is 5.82 Å². The van der Waals surface area contributed by atoms with E-state index in [0.717, 1.165) is 18.5 Å². The highest BCUT2D eigenvalue weighted by Gasteiger charge is 2.22. The highest BCUT2D eigenvalue weighted by atomic mass is 79.9. The van der Waals surface area contributed by atoms with Crippen LogP contribution in [0, 0.1) is 5.82 Å². The maximum absolute atomic E-state index is 13.7. The Morgan fingerprint density at radius 2 is 2.17 bits per heavy atom. The summed E-state index contributed by atoms with van der Waals surface area (Å²) in [6.07, 6.45) is 2.23. The molecular formula is C9H7BrFN3O3S. The largest absolute Gasteiger partial charge is 0.399 e. The SMILES string of the molecule is Nc1cc(Br)c(F)c(S(=O)(=O)Nc2cnoc2)c1. The van der Waals surface area contributed by atoms with Crippen LogP contribution in [0.15, 0.2) is 38.5 Å². The van der Waals surface area contributed by atoms with Crippen LogP contribution in [-0.4, -0.2) is 13.6 Å². The lowest BCUT2D eigenvalue weighted by atomic mass is 10.3. The van der Waals surface area contributed by atoms with Crippen LogP contribution in [0.2, 0.25) is 0 Å². The van der Waals surface area contributed by atoms with E-state index in [1.807, 2.05) is 0 Å². The molecule has 0 unspecified atom stereocenters. The lowest BCUT2D eigenvalue weighted by molar-refractivity contribution is 0.420. The lowest BCUT2D eigenvalue weighted by Crippen LogP contribution is -2.15. The molecule has 2 aromatic rings. The van der Waals surface area contributed by atoms with Gasteiger partial charge < -0.3 is 10.3 Å². The Kier molecular flexibility index (Phi) is 3.26. The van der Waals surface area contributed by atoms with Crippen molar-refractivity contribution < 1.29 is 17.3 Å². The minimum atomic E-state index is -4.09. The molecule has 1 heterocycles. The van der Waals surface area contributed by atoms with Crippen LogP contribution in [-0.2, 0) is 10.0 Å². The van der Waals surface area contributed by atoms with E-state index in [1.54, 1.807) is 0 Å². The number of benzene rings is 1. The summed E-state index contributed by atoms with van der Waals surface area (Å²) < 4.78 is 44.1. The first-order valence-electron chi connectivity index (χ1n) is 4.57. The number of nitrogens with zero attached hydrogens (tertiary/aromatic N) is 1. The maximum Gasteiger partial charge on any atom is 0.265 e. The zero-order chi connectivity index (χ0) is 13.3. The molecule has 1 aromatic carbocycles. The summed E-state index contributed by atoms with van der Waals surface area (Å²) in [7, 11) is -4.09. The molecule has 0 aliphatic carbocycles. The zero-order valence-corrected chi connectivity index (χ0v) is 11.1. The number of hydrogen-bond acceptors (Lipinski definition) is 5. The van der Waals surface area contributed by atoms with E-state index >= 15 is 0 Å². The van der Waals surface area contributed by atoms with Crippen LogP contribution in [0.1, 0.15) is 0 Å². The van der Waals surface area contributed by atoms with Gasteiger partial charge in [-0.2, -0.15) is 0 Å². The smallest absolute Gasteiger partial charge is 0.265 e. The van der Waals surface area contributed by atoms with E-state index in [4.69, 9.17) is 5.73 Å². The summed E-state index contributed by atoms with van der Waals surface area (Å²) in [5.74, 6) is -0.923. The summed E-state index contributed by atoms with van der Waals surface area (Å²) >= 11 is 2.89. The summed E-state index contributed by atoms with van der Waals surface area (Å²) in [4.78, 5) is -0.560. The molecule has 2 rings (SSSR count). The molecule has 0 atom stereocenters. The third kappa shape index (κ3) is 2.46. The summed E-state index contributed by atoms with van der Waals surface area (Å²) in [6.45, 7) is 0.